The van der Waals surface area contributed by atoms with Crippen LogP contribution >= 0.6 is 0 Å². The molecule has 3 aromatic rings. The number of carbonyl (C=O) groups is 1. The van der Waals surface area contributed by atoms with Gasteiger partial charge in [-0.25, -0.2) is 4.39 Å². The third-order valence-electron chi connectivity index (χ3n) is 4.83. The van der Waals surface area contributed by atoms with E-state index < -0.39 is 0 Å². The van der Waals surface area contributed by atoms with Crippen molar-refractivity contribution in [3.05, 3.63) is 107 Å². The number of amidine groups is 1. The maximum Gasteiger partial charge on any atom is 0.222 e. The number of hydrogen-bond donors (Lipinski definition) is 1. The Morgan fingerprint density at radius 3 is 2.43 bits per heavy atom. The average Bonchev–Trinajstić information content (AvgIpc) is 2.84. The molecule has 3 aromatic carbocycles. The van der Waals surface area contributed by atoms with E-state index >= 15 is 0 Å². The third kappa shape index (κ3) is 7.26. The average molecular weight is 476 g/mol. The van der Waals surface area contributed by atoms with E-state index in [2.05, 4.69) is 22.2 Å². The van der Waals surface area contributed by atoms with Crippen LogP contribution in [0.5, 0.6) is 5.75 Å². The monoisotopic (exact) mass is 475 g/mol. The zero-order valence-electron chi connectivity index (χ0n) is 19.7. The molecule has 0 spiro atoms. The third-order valence-corrected chi connectivity index (χ3v) is 4.83. The Morgan fingerprint density at radius 2 is 1.71 bits per heavy atom. The van der Waals surface area contributed by atoms with Crippen molar-refractivity contribution in [3.63, 3.8) is 0 Å². The van der Waals surface area contributed by atoms with Gasteiger partial charge in [0.15, 0.2) is 5.84 Å². The quantitative estimate of drug-likeness (QED) is 0.198. The van der Waals surface area contributed by atoms with Gasteiger partial charge >= 0.3 is 0 Å². The molecule has 0 aliphatic carbocycles. The molecule has 0 heterocycles. The van der Waals surface area contributed by atoms with Gasteiger partial charge in [-0.05, 0) is 43.3 Å². The van der Waals surface area contributed by atoms with E-state index in [4.69, 9.17) is 14.4 Å². The first-order chi connectivity index (χ1) is 16.9. The van der Waals surface area contributed by atoms with Gasteiger partial charge in [0.05, 0.1) is 5.71 Å². The number of hydrogen-bond acceptors (Lipinski definition) is 6. The van der Waals surface area contributed by atoms with E-state index in [-0.39, 0.29) is 24.2 Å². The van der Waals surface area contributed by atoms with Crippen LogP contribution in [0.25, 0.3) is 5.76 Å². The summed E-state index contributed by atoms with van der Waals surface area (Å²) in [6.07, 6.45) is 0. The molecule has 0 aromatic heterocycles. The van der Waals surface area contributed by atoms with E-state index in [1.807, 2.05) is 43.3 Å². The number of ether oxygens (including phenoxy) is 1. The first-order valence-electron chi connectivity index (χ1n) is 10.7. The minimum absolute atomic E-state index is 0.146. The number of carbonyl (C=O) groups excluding carboxylic acids is 1. The van der Waals surface area contributed by atoms with E-state index in [1.165, 1.54) is 26.2 Å². The summed E-state index contributed by atoms with van der Waals surface area (Å²) in [5, 5.41) is 10.8. The predicted octanol–water partition coefficient (Wildman–Crippen LogP) is 5.26. The second-order valence-electron chi connectivity index (χ2n) is 7.47. The molecule has 35 heavy (non-hydrogen) atoms. The SMILES string of the molecule is C=C(Oc1cccc(/C(C)=N/OCc2ccccc2/C(=N\OC)NC(C)=O)c1)c1ccc(F)cc1. The molecular weight excluding hydrogens is 449 g/mol. The van der Waals surface area contributed by atoms with Gasteiger partial charge in [-0.1, -0.05) is 53.3 Å². The van der Waals surface area contributed by atoms with Crippen LogP contribution in [-0.2, 0) is 21.1 Å². The van der Waals surface area contributed by atoms with Crippen LogP contribution in [0.1, 0.15) is 36.1 Å². The highest BCUT2D eigenvalue weighted by Crippen LogP contribution is 2.22. The molecule has 1 amide bonds. The Kier molecular flexibility index (Phi) is 8.72. The molecule has 0 aliphatic rings. The van der Waals surface area contributed by atoms with Crippen molar-refractivity contribution in [3.8, 4) is 5.75 Å². The van der Waals surface area contributed by atoms with Crippen molar-refractivity contribution in [1.29, 1.82) is 0 Å². The zero-order chi connectivity index (χ0) is 25.2. The number of halogens is 1. The molecule has 0 radical (unpaired) electrons. The van der Waals surface area contributed by atoms with Gasteiger partial charge in [-0.15, -0.1) is 0 Å². The fraction of sp³-hybridized carbons (Fsp3) is 0.148. The highest BCUT2D eigenvalue weighted by molar-refractivity contribution is 6.08. The summed E-state index contributed by atoms with van der Waals surface area (Å²) in [6.45, 7) is 7.27. The maximum atomic E-state index is 13.2. The van der Waals surface area contributed by atoms with Crippen LogP contribution in [0.4, 0.5) is 4.39 Å². The lowest BCUT2D eigenvalue weighted by molar-refractivity contribution is -0.117. The van der Waals surface area contributed by atoms with Crippen molar-refractivity contribution >= 4 is 23.2 Å². The highest BCUT2D eigenvalue weighted by Gasteiger charge is 2.12. The first kappa shape index (κ1) is 25.2. The van der Waals surface area contributed by atoms with E-state index in [9.17, 15) is 9.18 Å². The van der Waals surface area contributed by atoms with Crippen molar-refractivity contribution in [2.45, 2.75) is 20.5 Å². The lowest BCUT2D eigenvalue weighted by Gasteiger charge is -2.12. The van der Waals surface area contributed by atoms with Crippen LogP contribution in [0, 0.1) is 5.82 Å². The van der Waals surface area contributed by atoms with Crippen LogP contribution in [0.2, 0.25) is 0 Å². The fourth-order valence-corrected chi connectivity index (χ4v) is 3.15. The fourth-order valence-electron chi connectivity index (χ4n) is 3.15. The molecule has 1 N–H and O–H groups in total. The smallest absolute Gasteiger partial charge is 0.222 e. The van der Waals surface area contributed by atoms with Gasteiger partial charge in [-0.2, -0.15) is 0 Å². The Labute approximate surface area is 203 Å². The van der Waals surface area contributed by atoms with E-state index in [0.29, 0.717) is 28.3 Å². The predicted molar refractivity (Wildman–Crippen MR) is 133 cm³/mol. The first-order valence-corrected chi connectivity index (χ1v) is 10.7. The van der Waals surface area contributed by atoms with Gasteiger partial charge in [0, 0.05) is 29.2 Å². The summed E-state index contributed by atoms with van der Waals surface area (Å²) < 4.78 is 19.0. The van der Waals surface area contributed by atoms with Gasteiger partial charge in [-0.3, -0.25) is 4.79 Å². The Hall–Kier alpha value is -4.46. The minimum atomic E-state index is -0.324. The highest BCUT2D eigenvalue weighted by atomic mass is 19.1. The van der Waals surface area contributed by atoms with Crippen molar-refractivity contribution in [2.75, 3.05) is 7.11 Å². The topological polar surface area (TPSA) is 81.5 Å². The summed E-state index contributed by atoms with van der Waals surface area (Å²) in [5.74, 6) is 0.654. The van der Waals surface area contributed by atoms with Gasteiger partial charge in [0.1, 0.15) is 31.0 Å². The molecular formula is C27H26FN3O4. The van der Waals surface area contributed by atoms with Crippen molar-refractivity contribution in [2.24, 2.45) is 10.3 Å². The molecule has 0 unspecified atom stereocenters. The van der Waals surface area contributed by atoms with Crippen LogP contribution < -0.4 is 10.1 Å². The second-order valence-corrected chi connectivity index (χ2v) is 7.47. The summed E-state index contributed by atoms with van der Waals surface area (Å²) >= 11 is 0. The molecule has 7 nitrogen and oxygen atoms in total. The molecule has 0 aliphatic heterocycles. The lowest BCUT2D eigenvalue weighted by Crippen LogP contribution is -2.30. The summed E-state index contributed by atoms with van der Waals surface area (Å²) in [7, 11) is 1.40. The molecule has 0 bridgehead atoms. The minimum Gasteiger partial charge on any atom is -0.457 e. The standard InChI is InChI=1S/C27H26FN3O4/c1-18(22-9-7-10-25(16-22)35-19(2)21-12-14-24(28)15-13-21)30-34-17-23-8-5-6-11-26(23)27(31-33-4)29-20(3)32/h5-16H,2,17H2,1,3-4H3,(H,29,31,32)/b30-18+. The van der Waals surface area contributed by atoms with Gasteiger partial charge in [0.25, 0.3) is 0 Å². The molecule has 0 atom stereocenters. The zero-order valence-corrected chi connectivity index (χ0v) is 19.7. The van der Waals surface area contributed by atoms with E-state index in [1.54, 1.807) is 24.3 Å². The lowest BCUT2D eigenvalue weighted by atomic mass is 10.1. The molecule has 3 rings (SSSR count). The number of nitrogens with zero attached hydrogens (tertiary/aromatic N) is 2. The van der Waals surface area contributed by atoms with Crippen LogP contribution in [-0.4, -0.2) is 24.6 Å². The Morgan fingerprint density at radius 1 is 0.971 bits per heavy atom. The van der Waals surface area contributed by atoms with Crippen molar-refractivity contribution in [1.82, 2.24) is 5.32 Å². The molecule has 180 valence electrons. The Bertz CT molecular complexity index is 1250. The van der Waals surface area contributed by atoms with Crippen LogP contribution in [0.15, 0.2) is 89.7 Å². The van der Waals surface area contributed by atoms with Gasteiger partial charge in [0.2, 0.25) is 5.91 Å². The summed E-state index contributed by atoms with van der Waals surface area (Å²) in [4.78, 5) is 22.0. The van der Waals surface area contributed by atoms with Crippen LogP contribution in [0.3, 0.4) is 0 Å². The number of amides is 1. The normalized spacial score (nSPS) is 11.5. The number of oxime groups is 2. The number of rotatable bonds is 9. The van der Waals surface area contributed by atoms with E-state index in [0.717, 1.165) is 11.1 Å². The maximum absolute atomic E-state index is 13.2. The summed E-state index contributed by atoms with van der Waals surface area (Å²) in [6, 6.07) is 20.6. The summed E-state index contributed by atoms with van der Waals surface area (Å²) in [5.41, 5.74) is 3.53. The molecule has 0 saturated carbocycles. The van der Waals surface area contributed by atoms with Crippen molar-refractivity contribution < 1.29 is 23.6 Å². The second kappa shape index (κ2) is 12.1. The number of nitrogens with one attached hydrogen (secondary N) is 1. The Balaban J connectivity index is 1.69. The molecule has 0 saturated heterocycles. The van der Waals surface area contributed by atoms with Gasteiger partial charge < -0.3 is 19.7 Å². The molecule has 8 heteroatoms. The molecule has 0 fully saturated rings. The largest absolute Gasteiger partial charge is 0.457 e. The number of benzene rings is 3.